The zero-order valence-electron chi connectivity index (χ0n) is 16.9. The number of hydrogen-bond acceptors (Lipinski definition) is 0. The molecule has 1 rings (SSSR count). The van der Waals surface area contributed by atoms with Gasteiger partial charge in [0.2, 0.25) is 0 Å². The molecule has 1 unspecified atom stereocenters. The summed E-state index contributed by atoms with van der Waals surface area (Å²) >= 11 is 0. The molecular formula is C23H47P. The highest BCUT2D eigenvalue weighted by molar-refractivity contribution is 7.38. The normalized spacial score (nSPS) is 18.9. The van der Waals surface area contributed by atoms with Gasteiger partial charge >= 0.3 is 0 Å². The fourth-order valence-electron chi connectivity index (χ4n) is 4.11. The van der Waals surface area contributed by atoms with E-state index in [1.54, 1.807) is 19.0 Å². The summed E-state index contributed by atoms with van der Waals surface area (Å²) in [5.74, 6) is 0. The van der Waals surface area contributed by atoms with Crippen LogP contribution in [0.3, 0.4) is 0 Å². The molecule has 0 aromatic heterocycles. The Labute approximate surface area is 156 Å². The largest absolute Gasteiger partial charge is 0.119 e. The average Bonchev–Trinajstić information content (AvgIpc) is 2.65. The maximum atomic E-state index is 2.31. The first-order chi connectivity index (χ1) is 11.9. The van der Waals surface area contributed by atoms with E-state index in [0.29, 0.717) is 0 Å². The maximum absolute atomic E-state index is 2.31. The van der Waals surface area contributed by atoms with Crippen LogP contribution in [0.5, 0.6) is 0 Å². The van der Waals surface area contributed by atoms with Crippen molar-refractivity contribution in [1.82, 2.24) is 0 Å². The number of unbranched alkanes of at least 4 members (excludes halogenated alkanes) is 9. The summed E-state index contributed by atoms with van der Waals surface area (Å²) in [7, 11) is 1.28. The van der Waals surface area contributed by atoms with Crippen molar-refractivity contribution in [3.8, 4) is 0 Å². The van der Waals surface area contributed by atoms with E-state index in [0.717, 1.165) is 5.66 Å². The molecule has 0 radical (unpaired) electrons. The number of rotatable bonds is 12. The molecule has 24 heavy (non-hydrogen) atoms. The molecule has 0 heterocycles. The molecule has 0 bridgehead atoms. The van der Waals surface area contributed by atoms with Crippen molar-refractivity contribution < 1.29 is 0 Å². The highest BCUT2D eigenvalue weighted by atomic mass is 31.1. The summed E-state index contributed by atoms with van der Waals surface area (Å²) in [5.41, 5.74) is 1.10. The Morgan fingerprint density at radius 2 is 0.958 bits per heavy atom. The summed E-state index contributed by atoms with van der Waals surface area (Å²) in [5, 5.41) is 0. The number of hydrogen-bond donors (Lipinski definition) is 0. The molecular weight excluding hydrogens is 307 g/mol. The zero-order chi connectivity index (χ0) is 17.1. The molecule has 0 nitrogen and oxygen atoms in total. The van der Waals surface area contributed by atoms with E-state index in [4.69, 9.17) is 0 Å². The highest BCUT2D eigenvalue weighted by Crippen LogP contribution is 2.31. The highest BCUT2D eigenvalue weighted by Gasteiger charge is 2.09. The summed E-state index contributed by atoms with van der Waals surface area (Å²) in [6, 6.07) is 0. The van der Waals surface area contributed by atoms with Crippen LogP contribution in [0, 0.1) is 0 Å². The molecule has 0 amide bonds. The van der Waals surface area contributed by atoms with Crippen molar-refractivity contribution in [2.45, 2.75) is 141 Å². The van der Waals surface area contributed by atoms with E-state index >= 15 is 0 Å². The first kappa shape index (κ1) is 22.5. The summed E-state index contributed by atoms with van der Waals surface area (Å²) in [6.45, 7) is 2.31. The maximum Gasteiger partial charge on any atom is -0.0237 e. The third-order valence-electron chi connectivity index (χ3n) is 5.82. The molecule has 0 aromatic rings. The van der Waals surface area contributed by atoms with Gasteiger partial charge < -0.3 is 0 Å². The van der Waals surface area contributed by atoms with Gasteiger partial charge in [0.15, 0.2) is 0 Å². The van der Waals surface area contributed by atoms with Crippen molar-refractivity contribution in [3.63, 3.8) is 0 Å². The fraction of sp³-hybridized carbons (Fsp3) is 1.00. The summed E-state index contributed by atoms with van der Waals surface area (Å²) in [6.07, 6.45) is 31.5. The first-order valence-electron chi connectivity index (χ1n) is 11.7. The predicted molar refractivity (Wildman–Crippen MR) is 115 cm³/mol. The van der Waals surface area contributed by atoms with Gasteiger partial charge in [-0.1, -0.05) is 116 Å². The molecule has 144 valence electrons. The Balaban J connectivity index is 1.90. The summed E-state index contributed by atoms with van der Waals surface area (Å²) < 4.78 is 0. The SMILES string of the molecule is CCCCCCCCCCCCPC1CCCCCCCCCC1. The molecule has 0 saturated heterocycles. The van der Waals surface area contributed by atoms with E-state index < -0.39 is 0 Å². The lowest BCUT2D eigenvalue weighted by Gasteiger charge is -2.16. The average molecular weight is 355 g/mol. The molecule has 1 aliphatic rings. The Morgan fingerprint density at radius 1 is 0.542 bits per heavy atom. The first-order valence-corrected chi connectivity index (χ1v) is 13.0. The lowest BCUT2D eigenvalue weighted by atomic mass is 10.1. The Bertz CT molecular complexity index is 226. The minimum atomic E-state index is 1.10. The molecule has 0 aliphatic heterocycles. The van der Waals surface area contributed by atoms with Gasteiger partial charge in [-0.15, -0.1) is 8.58 Å². The van der Waals surface area contributed by atoms with Crippen molar-refractivity contribution in [1.29, 1.82) is 0 Å². The molecule has 1 aliphatic carbocycles. The van der Waals surface area contributed by atoms with Crippen LogP contribution >= 0.6 is 8.58 Å². The van der Waals surface area contributed by atoms with Gasteiger partial charge in [-0.05, 0) is 31.1 Å². The minimum absolute atomic E-state index is 1.10. The van der Waals surface area contributed by atoms with Gasteiger partial charge in [0.25, 0.3) is 0 Å². The molecule has 0 aromatic carbocycles. The lowest BCUT2D eigenvalue weighted by molar-refractivity contribution is 0.562. The third-order valence-corrected chi connectivity index (χ3v) is 7.62. The van der Waals surface area contributed by atoms with E-state index in [9.17, 15) is 0 Å². The Hall–Kier alpha value is 0.430. The quantitative estimate of drug-likeness (QED) is 0.242. The van der Waals surface area contributed by atoms with Crippen LogP contribution in [0.4, 0.5) is 0 Å². The molecule has 0 spiro atoms. The Morgan fingerprint density at radius 3 is 1.46 bits per heavy atom. The third kappa shape index (κ3) is 14.7. The second kappa shape index (κ2) is 18.2. The van der Waals surface area contributed by atoms with Gasteiger partial charge in [-0.2, -0.15) is 0 Å². The summed E-state index contributed by atoms with van der Waals surface area (Å²) in [4.78, 5) is 0. The second-order valence-electron chi connectivity index (χ2n) is 8.24. The van der Waals surface area contributed by atoms with Crippen LogP contribution in [0.15, 0.2) is 0 Å². The molecule has 0 N–H and O–H groups in total. The molecule has 1 heteroatoms. The van der Waals surface area contributed by atoms with Crippen LogP contribution in [0.25, 0.3) is 0 Å². The fourth-order valence-corrected chi connectivity index (χ4v) is 5.79. The monoisotopic (exact) mass is 354 g/mol. The van der Waals surface area contributed by atoms with Crippen LogP contribution in [-0.4, -0.2) is 11.8 Å². The minimum Gasteiger partial charge on any atom is -0.119 e. The van der Waals surface area contributed by atoms with Crippen LogP contribution in [0.1, 0.15) is 135 Å². The molecule has 1 fully saturated rings. The van der Waals surface area contributed by atoms with Crippen molar-refractivity contribution >= 4 is 8.58 Å². The van der Waals surface area contributed by atoms with E-state index in [2.05, 4.69) is 6.92 Å². The molecule has 1 saturated carbocycles. The van der Waals surface area contributed by atoms with E-state index in [1.807, 2.05) is 0 Å². The van der Waals surface area contributed by atoms with Gasteiger partial charge in [0, 0.05) is 0 Å². The van der Waals surface area contributed by atoms with Crippen molar-refractivity contribution in [2.24, 2.45) is 0 Å². The Kier molecular flexibility index (Phi) is 17.1. The van der Waals surface area contributed by atoms with Gasteiger partial charge in [0.1, 0.15) is 0 Å². The second-order valence-corrected chi connectivity index (χ2v) is 9.96. The van der Waals surface area contributed by atoms with Crippen molar-refractivity contribution in [3.05, 3.63) is 0 Å². The topological polar surface area (TPSA) is 0 Å². The predicted octanol–water partition coefficient (Wildman–Crippen LogP) is 8.87. The van der Waals surface area contributed by atoms with Crippen LogP contribution in [0.2, 0.25) is 0 Å². The van der Waals surface area contributed by atoms with Gasteiger partial charge in [-0.25, -0.2) is 0 Å². The van der Waals surface area contributed by atoms with E-state index in [-0.39, 0.29) is 0 Å². The molecule has 1 atom stereocenters. The smallest absolute Gasteiger partial charge is 0.0237 e. The zero-order valence-corrected chi connectivity index (χ0v) is 17.9. The standard InChI is InChI=1S/C23H47P/c1-2-3-4-5-6-7-10-13-16-19-22-24-23-20-17-14-11-8-9-12-15-18-21-23/h23-24H,2-22H2,1H3. The van der Waals surface area contributed by atoms with Gasteiger partial charge in [0.05, 0.1) is 0 Å². The van der Waals surface area contributed by atoms with Crippen LogP contribution < -0.4 is 0 Å². The van der Waals surface area contributed by atoms with Crippen molar-refractivity contribution in [2.75, 3.05) is 6.16 Å². The van der Waals surface area contributed by atoms with E-state index in [1.165, 1.54) is 124 Å². The van der Waals surface area contributed by atoms with Crippen LogP contribution in [-0.2, 0) is 0 Å². The van der Waals surface area contributed by atoms with Gasteiger partial charge in [-0.3, -0.25) is 0 Å². The lowest BCUT2D eigenvalue weighted by Crippen LogP contribution is -2.02.